The van der Waals surface area contributed by atoms with Crippen molar-refractivity contribution in [3.05, 3.63) is 33.6 Å². The van der Waals surface area contributed by atoms with E-state index < -0.39 is 4.92 Å². The standard InChI is InChI=1S/C15H21N5O4/c1-10-13(7-12(8-18-10)20(23)24)15(22)19-6-2-3-11(9-19)14(21)17-5-4-16/h7-8,11H,2-6,9,16H2,1H3,(H,17,21). The summed E-state index contributed by atoms with van der Waals surface area (Å²) in [6.07, 6.45) is 2.53. The lowest BCUT2D eigenvalue weighted by Gasteiger charge is -2.32. The third-order valence-electron chi connectivity index (χ3n) is 4.04. The number of aryl methyl sites for hydroxylation is 1. The minimum Gasteiger partial charge on any atom is -0.355 e. The third kappa shape index (κ3) is 4.05. The molecule has 1 aliphatic rings. The molecule has 24 heavy (non-hydrogen) atoms. The van der Waals surface area contributed by atoms with Crippen molar-refractivity contribution < 1.29 is 14.5 Å². The van der Waals surface area contributed by atoms with E-state index in [9.17, 15) is 19.7 Å². The van der Waals surface area contributed by atoms with Gasteiger partial charge in [0.15, 0.2) is 0 Å². The van der Waals surface area contributed by atoms with Crippen molar-refractivity contribution in [3.8, 4) is 0 Å². The van der Waals surface area contributed by atoms with Crippen molar-refractivity contribution in [2.75, 3.05) is 26.2 Å². The molecule has 1 aromatic rings. The summed E-state index contributed by atoms with van der Waals surface area (Å²) >= 11 is 0. The van der Waals surface area contributed by atoms with E-state index in [0.29, 0.717) is 38.2 Å². The van der Waals surface area contributed by atoms with Crippen LogP contribution in [0.4, 0.5) is 5.69 Å². The van der Waals surface area contributed by atoms with Gasteiger partial charge in [0.05, 0.1) is 22.1 Å². The van der Waals surface area contributed by atoms with Crippen LogP contribution in [0, 0.1) is 23.0 Å². The van der Waals surface area contributed by atoms with Gasteiger partial charge < -0.3 is 16.0 Å². The number of hydrogen-bond donors (Lipinski definition) is 2. The number of piperidine rings is 1. The Morgan fingerprint density at radius 1 is 1.54 bits per heavy atom. The molecule has 1 unspecified atom stereocenters. The maximum Gasteiger partial charge on any atom is 0.288 e. The smallest absolute Gasteiger partial charge is 0.288 e. The molecule has 130 valence electrons. The van der Waals surface area contributed by atoms with E-state index in [0.717, 1.165) is 6.20 Å². The van der Waals surface area contributed by atoms with Gasteiger partial charge >= 0.3 is 0 Å². The van der Waals surface area contributed by atoms with Gasteiger partial charge in [-0.15, -0.1) is 0 Å². The highest BCUT2D eigenvalue weighted by Gasteiger charge is 2.30. The first-order valence-electron chi connectivity index (χ1n) is 7.82. The normalized spacial score (nSPS) is 17.4. The Morgan fingerprint density at radius 2 is 2.29 bits per heavy atom. The lowest BCUT2D eigenvalue weighted by molar-refractivity contribution is -0.385. The molecule has 0 radical (unpaired) electrons. The Balaban J connectivity index is 2.13. The van der Waals surface area contributed by atoms with Gasteiger partial charge in [-0.05, 0) is 19.8 Å². The average molecular weight is 335 g/mol. The number of rotatable bonds is 5. The number of amides is 2. The molecule has 0 spiro atoms. The van der Waals surface area contributed by atoms with Gasteiger partial charge in [0.1, 0.15) is 6.20 Å². The number of hydrogen-bond acceptors (Lipinski definition) is 6. The van der Waals surface area contributed by atoms with Crippen molar-refractivity contribution in [2.45, 2.75) is 19.8 Å². The summed E-state index contributed by atoms with van der Waals surface area (Å²) in [4.78, 5) is 40.5. The number of carbonyl (C=O) groups excluding carboxylic acids is 2. The second kappa shape index (κ2) is 7.82. The summed E-state index contributed by atoms with van der Waals surface area (Å²) in [6, 6.07) is 1.24. The van der Waals surface area contributed by atoms with E-state index in [1.54, 1.807) is 11.8 Å². The molecular weight excluding hydrogens is 314 g/mol. The summed E-state index contributed by atoms with van der Waals surface area (Å²) in [6.45, 7) is 3.20. The van der Waals surface area contributed by atoms with Crippen LogP contribution < -0.4 is 11.1 Å². The molecule has 1 saturated heterocycles. The van der Waals surface area contributed by atoms with Crippen LogP contribution in [0.1, 0.15) is 28.9 Å². The molecule has 9 heteroatoms. The molecule has 2 rings (SSSR count). The number of nitrogens with zero attached hydrogens (tertiary/aromatic N) is 3. The van der Waals surface area contributed by atoms with Crippen molar-refractivity contribution in [1.82, 2.24) is 15.2 Å². The maximum absolute atomic E-state index is 12.7. The largest absolute Gasteiger partial charge is 0.355 e. The van der Waals surface area contributed by atoms with E-state index >= 15 is 0 Å². The Labute approximate surface area is 139 Å². The fraction of sp³-hybridized carbons (Fsp3) is 0.533. The highest BCUT2D eigenvalue weighted by atomic mass is 16.6. The fourth-order valence-corrected chi connectivity index (χ4v) is 2.72. The molecule has 1 atom stereocenters. The van der Waals surface area contributed by atoms with Gasteiger partial charge in [-0.2, -0.15) is 0 Å². The first kappa shape index (κ1) is 17.8. The number of nitrogens with two attached hydrogens (primary N) is 1. The zero-order chi connectivity index (χ0) is 17.7. The number of nitrogens with one attached hydrogen (secondary N) is 1. The lowest BCUT2D eigenvalue weighted by atomic mass is 9.96. The molecule has 1 aromatic heterocycles. The molecule has 2 amide bonds. The monoisotopic (exact) mass is 335 g/mol. The van der Waals surface area contributed by atoms with Crippen molar-refractivity contribution in [2.24, 2.45) is 11.7 Å². The van der Waals surface area contributed by atoms with E-state index in [1.165, 1.54) is 6.07 Å². The summed E-state index contributed by atoms with van der Waals surface area (Å²) in [5.41, 5.74) is 5.78. The van der Waals surface area contributed by atoms with Crippen molar-refractivity contribution in [1.29, 1.82) is 0 Å². The second-order valence-corrected chi connectivity index (χ2v) is 5.75. The predicted molar refractivity (Wildman–Crippen MR) is 86.3 cm³/mol. The Hall–Kier alpha value is -2.55. The Kier molecular flexibility index (Phi) is 5.80. The number of pyridine rings is 1. The zero-order valence-corrected chi connectivity index (χ0v) is 13.5. The first-order chi connectivity index (χ1) is 11.4. The molecular formula is C15H21N5O4. The third-order valence-corrected chi connectivity index (χ3v) is 4.04. The predicted octanol–water partition coefficient (Wildman–Crippen LogP) is 0.225. The van der Waals surface area contributed by atoms with E-state index in [1.807, 2.05) is 0 Å². The molecule has 0 aromatic carbocycles. The summed E-state index contributed by atoms with van der Waals surface area (Å²) in [5, 5.41) is 13.6. The van der Waals surface area contributed by atoms with Gasteiger partial charge in [-0.1, -0.05) is 0 Å². The lowest BCUT2D eigenvalue weighted by Crippen LogP contribution is -2.46. The van der Waals surface area contributed by atoms with Gasteiger partial charge in [0.25, 0.3) is 11.6 Å². The molecule has 0 aliphatic carbocycles. The Morgan fingerprint density at radius 3 is 2.96 bits per heavy atom. The van der Waals surface area contributed by atoms with Gasteiger partial charge in [-0.3, -0.25) is 24.7 Å². The van der Waals surface area contributed by atoms with E-state index in [2.05, 4.69) is 10.3 Å². The average Bonchev–Trinajstić information content (AvgIpc) is 2.59. The van der Waals surface area contributed by atoms with Crippen LogP contribution >= 0.6 is 0 Å². The van der Waals surface area contributed by atoms with Crippen molar-refractivity contribution in [3.63, 3.8) is 0 Å². The topological polar surface area (TPSA) is 131 Å². The van der Waals surface area contributed by atoms with Crippen LogP contribution in [-0.2, 0) is 4.79 Å². The second-order valence-electron chi connectivity index (χ2n) is 5.75. The number of aromatic nitrogens is 1. The van der Waals surface area contributed by atoms with Crippen LogP contribution in [0.5, 0.6) is 0 Å². The molecule has 1 fully saturated rings. The molecule has 1 aliphatic heterocycles. The van der Waals surface area contributed by atoms with Crippen LogP contribution in [0.25, 0.3) is 0 Å². The SMILES string of the molecule is Cc1ncc([N+](=O)[O-])cc1C(=O)N1CCCC(C(=O)NCCN)C1. The number of likely N-dealkylation sites (tertiary alicyclic amines) is 1. The number of nitro groups is 1. The molecule has 3 N–H and O–H groups in total. The van der Waals surface area contributed by atoms with Crippen LogP contribution in [0.15, 0.2) is 12.3 Å². The van der Waals surface area contributed by atoms with Gasteiger partial charge in [0, 0.05) is 32.2 Å². The van der Waals surface area contributed by atoms with Gasteiger partial charge in [-0.25, -0.2) is 0 Å². The number of carbonyl (C=O) groups is 2. The zero-order valence-electron chi connectivity index (χ0n) is 13.5. The Bertz CT molecular complexity index is 649. The first-order valence-corrected chi connectivity index (χ1v) is 7.82. The van der Waals surface area contributed by atoms with E-state index in [-0.39, 0.29) is 35.5 Å². The maximum atomic E-state index is 12.7. The minimum absolute atomic E-state index is 0.119. The highest BCUT2D eigenvalue weighted by molar-refractivity contribution is 5.96. The molecule has 0 saturated carbocycles. The minimum atomic E-state index is -0.581. The van der Waals surface area contributed by atoms with Crippen LogP contribution in [0.2, 0.25) is 0 Å². The fourth-order valence-electron chi connectivity index (χ4n) is 2.72. The summed E-state index contributed by atoms with van der Waals surface area (Å²) < 4.78 is 0. The van der Waals surface area contributed by atoms with E-state index in [4.69, 9.17) is 5.73 Å². The molecule has 2 heterocycles. The van der Waals surface area contributed by atoms with Crippen molar-refractivity contribution >= 4 is 17.5 Å². The summed E-state index contributed by atoms with van der Waals surface area (Å²) in [7, 11) is 0. The highest BCUT2D eigenvalue weighted by Crippen LogP contribution is 2.21. The molecule has 9 nitrogen and oxygen atoms in total. The summed E-state index contributed by atoms with van der Waals surface area (Å²) in [5.74, 6) is -0.743. The quantitative estimate of drug-likeness (QED) is 0.584. The van der Waals surface area contributed by atoms with Crippen LogP contribution in [-0.4, -0.2) is 52.8 Å². The molecule has 0 bridgehead atoms. The van der Waals surface area contributed by atoms with Gasteiger partial charge in [0.2, 0.25) is 5.91 Å². The van der Waals surface area contributed by atoms with Crippen LogP contribution in [0.3, 0.4) is 0 Å².